The lowest BCUT2D eigenvalue weighted by molar-refractivity contribution is 0.102. The van der Waals surface area contributed by atoms with Crippen LogP contribution in [0.2, 0.25) is 0 Å². The van der Waals surface area contributed by atoms with Crippen LogP contribution in [0, 0.1) is 0 Å². The van der Waals surface area contributed by atoms with Crippen molar-refractivity contribution in [2.24, 2.45) is 0 Å². The van der Waals surface area contributed by atoms with Gasteiger partial charge >= 0.3 is 0 Å². The molecule has 31 heavy (non-hydrogen) atoms. The van der Waals surface area contributed by atoms with Crippen molar-refractivity contribution < 1.29 is 23.7 Å². The highest BCUT2D eigenvalue weighted by Crippen LogP contribution is 2.39. The van der Waals surface area contributed by atoms with E-state index in [1.807, 2.05) is 20.8 Å². The number of amides is 1. The molecular formula is C23H25N3O5. The van der Waals surface area contributed by atoms with Gasteiger partial charge in [0.15, 0.2) is 11.5 Å². The highest BCUT2D eigenvalue weighted by molar-refractivity contribution is 6.05. The minimum atomic E-state index is -0.318. The Bertz CT molecular complexity index is 984. The first-order valence-corrected chi connectivity index (χ1v) is 10.1. The van der Waals surface area contributed by atoms with E-state index in [9.17, 15) is 4.79 Å². The first kappa shape index (κ1) is 21.9. The van der Waals surface area contributed by atoms with Crippen molar-refractivity contribution in [3.8, 4) is 28.9 Å². The predicted octanol–water partition coefficient (Wildman–Crippen LogP) is 4.72. The van der Waals surface area contributed by atoms with Crippen LogP contribution >= 0.6 is 0 Å². The van der Waals surface area contributed by atoms with E-state index in [4.69, 9.17) is 18.9 Å². The van der Waals surface area contributed by atoms with Gasteiger partial charge < -0.3 is 24.3 Å². The third-order valence-electron chi connectivity index (χ3n) is 4.03. The number of hydrogen-bond acceptors (Lipinski definition) is 7. The molecule has 0 aliphatic carbocycles. The first-order chi connectivity index (χ1) is 15.1. The molecule has 0 unspecified atom stereocenters. The molecule has 1 aromatic heterocycles. The molecule has 3 rings (SSSR count). The monoisotopic (exact) mass is 423 g/mol. The number of anilines is 1. The van der Waals surface area contributed by atoms with Gasteiger partial charge in [0.2, 0.25) is 11.6 Å². The lowest BCUT2D eigenvalue weighted by atomic mass is 10.1. The number of aromatic nitrogens is 2. The van der Waals surface area contributed by atoms with Crippen LogP contribution in [0.25, 0.3) is 0 Å². The van der Waals surface area contributed by atoms with Crippen LogP contribution in [0.5, 0.6) is 28.9 Å². The lowest BCUT2D eigenvalue weighted by Crippen LogP contribution is -2.13. The quantitative estimate of drug-likeness (QED) is 0.504. The average molecular weight is 423 g/mol. The van der Waals surface area contributed by atoms with E-state index in [0.29, 0.717) is 59.9 Å². The smallest absolute Gasteiger partial charge is 0.255 e. The summed E-state index contributed by atoms with van der Waals surface area (Å²) in [7, 11) is 0. The standard InChI is InChI=1S/C23H25N3O5/c1-4-28-19-12-16(13-20(29-5-2)22(19)30-6-3)23(27)26-17-8-7-9-18(14-17)31-21-15-24-10-11-25-21/h7-15H,4-6H2,1-3H3,(H,26,27). The third-order valence-corrected chi connectivity index (χ3v) is 4.03. The van der Waals surface area contributed by atoms with Gasteiger partial charge in [0.25, 0.3) is 5.91 Å². The van der Waals surface area contributed by atoms with Gasteiger partial charge in [-0.1, -0.05) is 6.07 Å². The van der Waals surface area contributed by atoms with Gasteiger partial charge in [-0.15, -0.1) is 0 Å². The van der Waals surface area contributed by atoms with Gasteiger partial charge in [-0.25, -0.2) is 4.98 Å². The van der Waals surface area contributed by atoms with Crippen LogP contribution in [0.1, 0.15) is 31.1 Å². The fourth-order valence-electron chi connectivity index (χ4n) is 2.82. The largest absolute Gasteiger partial charge is 0.490 e. The van der Waals surface area contributed by atoms with Crippen LogP contribution in [0.4, 0.5) is 5.69 Å². The van der Waals surface area contributed by atoms with Crippen molar-refractivity contribution in [1.29, 1.82) is 0 Å². The Hall–Kier alpha value is -3.81. The zero-order chi connectivity index (χ0) is 22.1. The van der Waals surface area contributed by atoms with Gasteiger partial charge in [-0.2, -0.15) is 0 Å². The maximum Gasteiger partial charge on any atom is 0.255 e. The van der Waals surface area contributed by atoms with Crippen LogP contribution < -0.4 is 24.3 Å². The van der Waals surface area contributed by atoms with E-state index in [1.54, 1.807) is 48.8 Å². The minimum Gasteiger partial charge on any atom is -0.490 e. The van der Waals surface area contributed by atoms with Crippen molar-refractivity contribution in [1.82, 2.24) is 9.97 Å². The predicted molar refractivity (Wildman–Crippen MR) is 116 cm³/mol. The van der Waals surface area contributed by atoms with Gasteiger partial charge in [-0.05, 0) is 45.0 Å². The van der Waals surface area contributed by atoms with Crippen LogP contribution in [-0.4, -0.2) is 35.7 Å². The number of carbonyl (C=O) groups excluding carboxylic acids is 1. The molecule has 162 valence electrons. The Morgan fingerprint density at radius 2 is 1.65 bits per heavy atom. The van der Waals surface area contributed by atoms with E-state index in [0.717, 1.165) is 0 Å². The molecule has 1 N–H and O–H groups in total. The summed E-state index contributed by atoms with van der Waals surface area (Å²) >= 11 is 0. The van der Waals surface area contributed by atoms with E-state index >= 15 is 0 Å². The molecule has 0 aliphatic heterocycles. The Labute approximate surface area is 181 Å². The van der Waals surface area contributed by atoms with Crippen molar-refractivity contribution in [3.63, 3.8) is 0 Å². The summed E-state index contributed by atoms with van der Waals surface area (Å²) < 4.78 is 22.7. The molecule has 0 radical (unpaired) electrons. The SMILES string of the molecule is CCOc1cc(C(=O)Nc2cccc(Oc3cnccn3)c2)cc(OCC)c1OCC. The lowest BCUT2D eigenvalue weighted by Gasteiger charge is -2.17. The second kappa shape index (κ2) is 10.8. The molecule has 1 amide bonds. The summed E-state index contributed by atoms with van der Waals surface area (Å²) in [5.41, 5.74) is 0.951. The highest BCUT2D eigenvalue weighted by Gasteiger charge is 2.18. The topological polar surface area (TPSA) is 91.8 Å². The summed E-state index contributed by atoms with van der Waals surface area (Å²) in [5.74, 6) is 1.97. The van der Waals surface area contributed by atoms with E-state index in [1.165, 1.54) is 6.20 Å². The second-order valence-corrected chi connectivity index (χ2v) is 6.23. The number of benzene rings is 2. The molecule has 0 fully saturated rings. The normalized spacial score (nSPS) is 10.3. The molecule has 0 spiro atoms. The van der Waals surface area contributed by atoms with Crippen molar-refractivity contribution in [2.75, 3.05) is 25.1 Å². The maximum atomic E-state index is 12.9. The van der Waals surface area contributed by atoms with Gasteiger partial charge in [-0.3, -0.25) is 9.78 Å². The summed E-state index contributed by atoms with van der Waals surface area (Å²) in [4.78, 5) is 21.0. The van der Waals surface area contributed by atoms with Crippen LogP contribution in [-0.2, 0) is 0 Å². The number of hydrogen-bond donors (Lipinski definition) is 1. The number of nitrogens with zero attached hydrogens (tertiary/aromatic N) is 2. The van der Waals surface area contributed by atoms with E-state index in [-0.39, 0.29) is 5.91 Å². The van der Waals surface area contributed by atoms with Crippen molar-refractivity contribution in [3.05, 3.63) is 60.6 Å². The highest BCUT2D eigenvalue weighted by atomic mass is 16.5. The fraction of sp³-hybridized carbons (Fsp3) is 0.261. The first-order valence-electron chi connectivity index (χ1n) is 10.1. The molecule has 1 heterocycles. The number of nitrogens with one attached hydrogen (secondary N) is 1. The minimum absolute atomic E-state index is 0.318. The summed E-state index contributed by atoms with van der Waals surface area (Å²) in [5, 5.41) is 2.87. The maximum absolute atomic E-state index is 12.9. The summed E-state index contributed by atoms with van der Waals surface area (Å²) in [6.45, 7) is 6.92. The number of rotatable bonds is 10. The average Bonchev–Trinajstić information content (AvgIpc) is 2.77. The molecule has 0 saturated heterocycles. The van der Waals surface area contributed by atoms with E-state index in [2.05, 4.69) is 15.3 Å². The molecule has 0 bridgehead atoms. The molecule has 0 aliphatic rings. The van der Waals surface area contributed by atoms with Crippen LogP contribution in [0.3, 0.4) is 0 Å². The van der Waals surface area contributed by atoms with Crippen molar-refractivity contribution in [2.45, 2.75) is 20.8 Å². The van der Waals surface area contributed by atoms with Gasteiger partial charge in [0.1, 0.15) is 5.75 Å². The number of ether oxygens (including phenoxy) is 4. The molecule has 8 heteroatoms. The second-order valence-electron chi connectivity index (χ2n) is 6.23. The Kier molecular flexibility index (Phi) is 7.64. The Morgan fingerprint density at radius 1 is 0.935 bits per heavy atom. The fourth-order valence-corrected chi connectivity index (χ4v) is 2.82. The molecule has 3 aromatic rings. The molecule has 0 atom stereocenters. The third kappa shape index (κ3) is 5.85. The Morgan fingerprint density at radius 3 is 2.26 bits per heavy atom. The Balaban J connectivity index is 1.83. The van der Waals surface area contributed by atoms with Gasteiger partial charge in [0.05, 0.1) is 26.0 Å². The summed E-state index contributed by atoms with van der Waals surface area (Å²) in [6.07, 6.45) is 4.61. The number of carbonyl (C=O) groups is 1. The zero-order valence-electron chi connectivity index (χ0n) is 17.8. The summed E-state index contributed by atoms with van der Waals surface area (Å²) in [6, 6.07) is 10.3. The molecule has 0 saturated carbocycles. The molecular weight excluding hydrogens is 398 g/mol. The zero-order valence-corrected chi connectivity index (χ0v) is 17.8. The molecule has 2 aromatic carbocycles. The van der Waals surface area contributed by atoms with E-state index < -0.39 is 0 Å². The van der Waals surface area contributed by atoms with Crippen LogP contribution in [0.15, 0.2) is 55.0 Å². The van der Waals surface area contributed by atoms with Crippen molar-refractivity contribution >= 4 is 11.6 Å². The van der Waals surface area contributed by atoms with Gasteiger partial charge in [0, 0.05) is 29.7 Å². The molecule has 8 nitrogen and oxygen atoms in total.